The molecule has 0 bridgehead atoms. The van der Waals surface area contributed by atoms with Gasteiger partial charge in [0.15, 0.2) is 5.82 Å². The number of pyridine rings is 1. The second-order valence-corrected chi connectivity index (χ2v) is 9.15. The van der Waals surface area contributed by atoms with Crippen LogP contribution in [0.1, 0.15) is 21.6 Å². The van der Waals surface area contributed by atoms with E-state index in [1.54, 1.807) is 25.1 Å². The minimum Gasteiger partial charge on any atom is -0.465 e. The van der Waals surface area contributed by atoms with E-state index in [9.17, 15) is 14.7 Å². The fourth-order valence-electron chi connectivity index (χ4n) is 3.51. The van der Waals surface area contributed by atoms with Crippen LogP contribution in [0.5, 0.6) is 0 Å². The summed E-state index contributed by atoms with van der Waals surface area (Å²) in [4.78, 5) is 31.0. The van der Waals surface area contributed by atoms with Gasteiger partial charge in [0.05, 0.1) is 22.9 Å². The van der Waals surface area contributed by atoms with Gasteiger partial charge in [-0.05, 0) is 58.2 Å². The number of aryl methyl sites for hydroxylation is 1. The first kappa shape index (κ1) is 24.7. The lowest BCUT2D eigenvalue weighted by molar-refractivity contribution is 0.101. The Balaban J connectivity index is 1.75. The number of nitrogens with zero attached hydrogens (tertiary/aromatic N) is 4. The Morgan fingerprint density at radius 3 is 2.54 bits per heavy atom. The number of amides is 2. The molecule has 35 heavy (non-hydrogen) atoms. The van der Waals surface area contributed by atoms with E-state index < -0.39 is 12.0 Å². The molecule has 11 heteroatoms. The third kappa shape index (κ3) is 5.48. The summed E-state index contributed by atoms with van der Waals surface area (Å²) in [5, 5.41) is 17.8. The molecule has 4 aromatic rings. The molecule has 178 valence electrons. The number of rotatable bonds is 6. The van der Waals surface area contributed by atoms with Gasteiger partial charge in [-0.2, -0.15) is 5.10 Å². The lowest BCUT2D eigenvalue weighted by Crippen LogP contribution is -2.30. The van der Waals surface area contributed by atoms with Crippen LogP contribution < -0.4 is 10.2 Å². The molecule has 2 amide bonds. The number of carbonyl (C=O) groups excluding carboxylic acids is 1. The van der Waals surface area contributed by atoms with Crippen molar-refractivity contribution in [2.75, 3.05) is 10.2 Å². The maximum Gasteiger partial charge on any atom is 0.412 e. The molecule has 4 rings (SSSR count). The molecule has 0 aliphatic heterocycles. The summed E-state index contributed by atoms with van der Waals surface area (Å²) >= 11 is 15.8. The van der Waals surface area contributed by atoms with Gasteiger partial charge in [-0.25, -0.2) is 14.5 Å². The van der Waals surface area contributed by atoms with Crippen molar-refractivity contribution in [2.45, 2.75) is 13.5 Å². The van der Waals surface area contributed by atoms with E-state index in [0.29, 0.717) is 25.9 Å². The molecule has 0 unspecified atom stereocenters. The van der Waals surface area contributed by atoms with Crippen LogP contribution in [-0.2, 0) is 6.54 Å². The Kier molecular flexibility index (Phi) is 7.39. The van der Waals surface area contributed by atoms with Crippen molar-refractivity contribution >= 4 is 62.5 Å². The van der Waals surface area contributed by atoms with Crippen LogP contribution in [0.3, 0.4) is 0 Å². The standard InChI is InChI=1S/C24H18BrCl2N5O3/c1-14-10-16(26)11-18(31(24(34)35)13-15-6-3-2-4-7-15)21(14)29-23(33)19-12-20(25)30-32(19)22-17(27)8-5-9-28-22/h2-12H,13H2,1H3,(H,29,33)(H,34,35). The Morgan fingerprint density at radius 1 is 1.11 bits per heavy atom. The van der Waals surface area contributed by atoms with Gasteiger partial charge < -0.3 is 10.4 Å². The number of halogens is 3. The molecule has 8 nitrogen and oxygen atoms in total. The number of benzene rings is 2. The van der Waals surface area contributed by atoms with E-state index in [1.165, 1.54) is 23.0 Å². The molecular weight excluding hydrogens is 557 g/mol. The fourth-order valence-corrected chi connectivity index (χ4v) is 4.35. The highest BCUT2D eigenvalue weighted by Crippen LogP contribution is 2.35. The second kappa shape index (κ2) is 10.5. The SMILES string of the molecule is Cc1cc(Cl)cc(N(Cc2ccccc2)C(=O)O)c1NC(=O)c1cc(Br)nn1-c1ncccc1Cl. The van der Waals surface area contributed by atoms with E-state index in [4.69, 9.17) is 23.2 Å². The molecule has 2 N–H and O–H groups in total. The lowest BCUT2D eigenvalue weighted by atomic mass is 10.1. The summed E-state index contributed by atoms with van der Waals surface area (Å²) < 4.78 is 1.71. The largest absolute Gasteiger partial charge is 0.465 e. The van der Waals surface area contributed by atoms with E-state index >= 15 is 0 Å². The number of carbonyl (C=O) groups is 2. The van der Waals surface area contributed by atoms with Crippen LogP contribution >= 0.6 is 39.1 Å². The van der Waals surface area contributed by atoms with E-state index in [-0.39, 0.29) is 23.7 Å². The summed E-state index contributed by atoms with van der Waals surface area (Å²) in [6.45, 7) is 1.79. The highest BCUT2D eigenvalue weighted by atomic mass is 79.9. The second-order valence-electron chi connectivity index (χ2n) is 7.50. The molecule has 0 saturated carbocycles. The Morgan fingerprint density at radius 2 is 1.86 bits per heavy atom. The first-order valence-electron chi connectivity index (χ1n) is 10.3. The van der Waals surface area contributed by atoms with Gasteiger partial charge in [-0.1, -0.05) is 53.5 Å². The summed E-state index contributed by atoms with van der Waals surface area (Å²) in [6, 6.07) is 17.1. The lowest BCUT2D eigenvalue weighted by Gasteiger charge is -2.24. The minimum atomic E-state index is -1.20. The Labute approximate surface area is 219 Å². The molecule has 0 atom stereocenters. The van der Waals surface area contributed by atoms with Crippen LogP contribution in [-0.4, -0.2) is 31.9 Å². The van der Waals surface area contributed by atoms with Crippen LogP contribution in [0, 0.1) is 6.92 Å². The molecule has 0 aliphatic rings. The fraction of sp³-hybridized carbons (Fsp3) is 0.0833. The van der Waals surface area contributed by atoms with Gasteiger partial charge in [0.1, 0.15) is 10.3 Å². The smallest absolute Gasteiger partial charge is 0.412 e. The van der Waals surface area contributed by atoms with Crippen molar-refractivity contribution in [1.29, 1.82) is 0 Å². The average Bonchev–Trinajstić information content (AvgIpc) is 3.21. The van der Waals surface area contributed by atoms with Crippen molar-refractivity contribution in [1.82, 2.24) is 14.8 Å². The van der Waals surface area contributed by atoms with E-state index in [0.717, 1.165) is 10.5 Å². The van der Waals surface area contributed by atoms with Crippen molar-refractivity contribution in [3.8, 4) is 5.82 Å². The zero-order valence-corrected chi connectivity index (χ0v) is 21.3. The van der Waals surface area contributed by atoms with Gasteiger partial charge in [0.2, 0.25) is 0 Å². The maximum absolute atomic E-state index is 13.4. The third-order valence-corrected chi connectivity index (χ3v) is 5.98. The number of hydrogen-bond acceptors (Lipinski definition) is 4. The maximum atomic E-state index is 13.4. The zero-order valence-electron chi connectivity index (χ0n) is 18.2. The summed E-state index contributed by atoms with van der Waals surface area (Å²) in [5.41, 5.74) is 2.04. The number of carboxylic acid groups (broad SMARTS) is 1. The number of aromatic nitrogens is 3. The van der Waals surface area contributed by atoms with Crippen LogP contribution in [0.4, 0.5) is 16.2 Å². The average molecular weight is 575 g/mol. The molecule has 0 fully saturated rings. The van der Waals surface area contributed by atoms with Gasteiger partial charge in [0.25, 0.3) is 5.91 Å². The molecule has 2 aromatic heterocycles. The predicted octanol–water partition coefficient (Wildman–Crippen LogP) is 6.58. The highest BCUT2D eigenvalue weighted by Gasteiger charge is 2.24. The quantitative estimate of drug-likeness (QED) is 0.271. The van der Waals surface area contributed by atoms with E-state index in [1.807, 2.05) is 30.3 Å². The van der Waals surface area contributed by atoms with Crippen molar-refractivity contribution in [3.05, 3.63) is 98.3 Å². The van der Waals surface area contributed by atoms with E-state index in [2.05, 4.69) is 31.3 Å². The predicted molar refractivity (Wildman–Crippen MR) is 139 cm³/mol. The normalized spacial score (nSPS) is 10.7. The molecule has 0 spiro atoms. The monoisotopic (exact) mass is 573 g/mol. The van der Waals surface area contributed by atoms with Crippen molar-refractivity contribution in [2.24, 2.45) is 0 Å². The summed E-state index contributed by atoms with van der Waals surface area (Å²) in [7, 11) is 0. The molecule has 0 radical (unpaired) electrons. The van der Waals surface area contributed by atoms with Gasteiger partial charge in [-0.15, -0.1) is 0 Å². The minimum absolute atomic E-state index is 0.0614. The number of anilines is 2. The van der Waals surface area contributed by atoms with Crippen LogP contribution in [0.15, 0.2) is 71.5 Å². The van der Waals surface area contributed by atoms with Crippen LogP contribution in [0.2, 0.25) is 10.0 Å². The Hall–Kier alpha value is -3.40. The Bertz CT molecular complexity index is 1410. The zero-order chi connectivity index (χ0) is 25.1. The first-order valence-corrected chi connectivity index (χ1v) is 11.8. The number of nitrogens with one attached hydrogen (secondary N) is 1. The van der Waals surface area contributed by atoms with Crippen LogP contribution in [0.25, 0.3) is 5.82 Å². The van der Waals surface area contributed by atoms with Gasteiger partial charge in [0, 0.05) is 17.3 Å². The number of hydrogen-bond donors (Lipinski definition) is 2. The summed E-state index contributed by atoms with van der Waals surface area (Å²) in [5.74, 6) is -0.268. The highest BCUT2D eigenvalue weighted by molar-refractivity contribution is 9.10. The van der Waals surface area contributed by atoms with Gasteiger partial charge in [-0.3, -0.25) is 9.69 Å². The van der Waals surface area contributed by atoms with Crippen molar-refractivity contribution < 1.29 is 14.7 Å². The topological polar surface area (TPSA) is 100 Å². The molecular formula is C24H18BrCl2N5O3. The molecule has 0 aliphatic carbocycles. The van der Waals surface area contributed by atoms with Crippen molar-refractivity contribution in [3.63, 3.8) is 0 Å². The summed E-state index contributed by atoms with van der Waals surface area (Å²) in [6.07, 6.45) is 0.341. The van der Waals surface area contributed by atoms with Gasteiger partial charge >= 0.3 is 6.09 Å². The molecule has 2 aromatic carbocycles. The molecule has 2 heterocycles. The molecule has 0 saturated heterocycles. The first-order chi connectivity index (χ1) is 16.7. The third-order valence-electron chi connectivity index (χ3n) is 5.08.